The largest absolute Gasteiger partial charge is 0.434 e. The van der Waals surface area contributed by atoms with Gasteiger partial charge in [0.15, 0.2) is 17.2 Å². The summed E-state index contributed by atoms with van der Waals surface area (Å²) < 4.78 is 11.6. The maximum Gasteiger partial charge on any atom is 0.238 e. The predicted molar refractivity (Wildman–Crippen MR) is 261 cm³/mol. The van der Waals surface area contributed by atoms with Crippen LogP contribution in [0, 0.1) is 0 Å². The first-order chi connectivity index (χ1) is 32.2. The molecule has 0 atom stereocenters. The molecule has 8 aromatic carbocycles. The molecule has 8 heteroatoms. The van der Waals surface area contributed by atoms with Crippen molar-refractivity contribution < 1.29 is 4.42 Å². The molecular formula is C57H35N7O. The Kier molecular flexibility index (Phi) is 8.35. The van der Waals surface area contributed by atoms with E-state index in [0.29, 0.717) is 29.1 Å². The standard InChI is InChI=1S/C57H35N7O/c1-4-15-36(16-5-1)40-33-41(37-17-6-2-7-18-37)35-42(34-40)56-59-47-23-14-26-50(53(47)65-56)63-48-24-12-10-21-43(48)45-27-28-46-44-22-11-13-25-49(44)64(52(46)51(45)63)57-61-54(38-19-8-3-9-20-38)60-55(62-57)39-29-31-58-32-30-39/h1-35H. The summed E-state index contributed by atoms with van der Waals surface area (Å²) in [5, 5.41) is 4.35. The zero-order chi connectivity index (χ0) is 42.8. The zero-order valence-electron chi connectivity index (χ0n) is 34.7. The van der Waals surface area contributed by atoms with E-state index < -0.39 is 0 Å². The third-order valence-electron chi connectivity index (χ3n) is 12.3. The molecule has 5 heterocycles. The Morgan fingerprint density at radius 2 is 0.862 bits per heavy atom. The van der Waals surface area contributed by atoms with Gasteiger partial charge in [-0.3, -0.25) is 9.55 Å². The second-order valence-corrected chi connectivity index (χ2v) is 16.1. The Hall–Kier alpha value is -9.01. The average Bonchev–Trinajstić information content (AvgIpc) is 4.08. The van der Waals surface area contributed by atoms with Gasteiger partial charge in [0.2, 0.25) is 11.8 Å². The first kappa shape index (κ1) is 36.6. The average molecular weight is 834 g/mol. The van der Waals surface area contributed by atoms with Gasteiger partial charge in [0.05, 0.1) is 27.8 Å². The lowest BCUT2D eigenvalue weighted by molar-refractivity contribution is 0.618. The van der Waals surface area contributed by atoms with Crippen molar-refractivity contribution in [3.8, 4) is 68.1 Å². The third kappa shape index (κ3) is 6.03. The number of aromatic nitrogens is 7. The highest BCUT2D eigenvalue weighted by molar-refractivity contribution is 6.24. The quantitative estimate of drug-likeness (QED) is 0.159. The lowest BCUT2D eigenvalue weighted by Gasteiger charge is -2.13. The van der Waals surface area contributed by atoms with Gasteiger partial charge in [-0.25, -0.2) is 9.97 Å². The van der Waals surface area contributed by atoms with Crippen LogP contribution in [0.25, 0.3) is 123 Å². The fourth-order valence-corrected chi connectivity index (χ4v) is 9.35. The Balaban J connectivity index is 1.10. The van der Waals surface area contributed by atoms with Crippen molar-refractivity contribution in [3.05, 3.63) is 213 Å². The minimum atomic E-state index is 0.508. The van der Waals surface area contributed by atoms with Crippen LogP contribution in [0.3, 0.4) is 0 Å². The number of nitrogens with zero attached hydrogens (tertiary/aromatic N) is 7. The van der Waals surface area contributed by atoms with Gasteiger partial charge in [0, 0.05) is 50.6 Å². The third-order valence-corrected chi connectivity index (χ3v) is 12.3. The highest BCUT2D eigenvalue weighted by Gasteiger charge is 2.25. The van der Waals surface area contributed by atoms with Crippen LogP contribution in [0.1, 0.15) is 0 Å². The van der Waals surface area contributed by atoms with E-state index in [4.69, 9.17) is 24.4 Å². The van der Waals surface area contributed by atoms with E-state index in [9.17, 15) is 0 Å². The summed E-state index contributed by atoms with van der Waals surface area (Å²) in [7, 11) is 0. The van der Waals surface area contributed by atoms with Crippen molar-refractivity contribution in [1.29, 1.82) is 0 Å². The molecule has 8 nitrogen and oxygen atoms in total. The van der Waals surface area contributed by atoms with Crippen molar-refractivity contribution in [2.24, 2.45) is 0 Å². The van der Waals surface area contributed by atoms with E-state index in [1.807, 2.05) is 60.7 Å². The van der Waals surface area contributed by atoms with Crippen molar-refractivity contribution >= 4 is 54.7 Å². The number of para-hydroxylation sites is 3. The second-order valence-electron chi connectivity index (χ2n) is 16.1. The van der Waals surface area contributed by atoms with Crippen LogP contribution in [-0.2, 0) is 0 Å². The van der Waals surface area contributed by atoms with Gasteiger partial charge in [0.1, 0.15) is 5.52 Å². The maximum absolute atomic E-state index is 7.03. The lowest BCUT2D eigenvalue weighted by atomic mass is 9.96. The summed E-state index contributed by atoms with van der Waals surface area (Å²) in [6.07, 6.45) is 3.53. The molecule has 13 rings (SSSR count). The van der Waals surface area contributed by atoms with Gasteiger partial charge in [0.25, 0.3) is 0 Å². The molecule has 13 aromatic rings. The molecule has 0 N–H and O–H groups in total. The minimum Gasteiger partial charge on any atom is -0.434 e. The number of hydrogen-bond acceptors (Lipinski definition) is 6. The van der Waals surface area contributed by atoms with Crippen LogP contribution in [-0.4, -0.2) is 34.1 Å². The summed E-state index contributed by atoms with van der Waals surface area (Å²) >= 11 is 0. The molecule has 0 radical (unpaired) electrons. The summed E-state index contributed by atoms with van der Waals surface area (Å²) in [5.41, 5.74) is 13.3. The predicted octanol–water partition coefficient (Wildman–Crippen LogP) is 13.9. The normalized spacial score (nSPS) is 11.7. The highest BCUT2D eigenvalue weighted by Crippen LogP contribution is 2.43. The van der Waals surface area contributed by atoms with Crippen LogP contribution < -0.4 is 0 Å². The minimum absolute atomic E-state index is 0.508. The Morgan fingerprint density at radius 1 is 0.354 bits per heavy atom. The van der Waals surface area contributed by atoms with Crippen LogP contribution in [0.4, 0.5) is 0 Å². The van der Waals surface area contributed by atoms with E-state index in [0.717, 1.165) is 93.8 Å². The fraction of sp³-hybridized carbons (Fsp3) is 0. The molecule has 0 bridgehead atoms. The van der Waals surface area contributed by atoms with Crippen molar-refractivity contribution in [2.75, 3.05) is 0 Å². The van der Waals surface area contributed by atoms with E-state index in [2.05, 4.69) is 154 Å². The monoisotopic (exact) mass is 833 g/mol. The first-order valence-electron chi connectivity index (χ1n) is 21.6. The van der Waals surface area contributed by atoms with Crippen LogP contribution in [0.2, 0.25) is 0 Å². The molecule has 304 valence electrons. The van der Waals surface area contributed by atoms with Crippen LogP contribution in [0.15, 0.2) is 217 Å². The summed E-state index contributed by atoms with van der Waals surface area (Å²) in [6.45, 7) is 0. The number of benzene rings is 8. The number of hydrogen-bond donors (Lipinski definition) is 0. The van der Waals surface area contributed by atoms with Crippen molar-refractivity contribution in [2.45, 2.75) is 0 Å². The van der Waals surface area contributed by atoms with E-state index in [1.165, 1.54) is 0 Å². The topological polar surface area (TPSA) is 87.5 Å². The number of oxazole rings is 1. The first-order valence-corrected chi connectivity index (χ1v) is 21.6. The number of pyridine rings is 1. The Labute approximate surface area is 372 Å². The summed E-state index contributed by atoms with van der Waals surface area (Å²) in [6, 6.07) is 69.2. The SMILES string of the molecule is c1ccc(-c2cc(-c3ccccc3)cc(-c3nc4cccc(-n5c6ccccc6c6ccc7c8ccccc8n(-c8nc(-c9ccccc9)nc(-c9ccncc9)n8)c7c65)c4o3)c2)cc1. The molecule has 0 amide bonds. The zero-order valence-corrected chi connectivity index (χ0v) is 34.7. The van der Waals surface area contributed by atoms with Gasteiger partial charge in [-0.15, -0.1) is 0 Å². The molecule has 0 saturated carbocycles. The van der Waals surface area contributed by atoms with Gasteiger partial charge < -0.3 is 8.98 Å². The van der Waals surface area contributed by atoms with Crippen molar-refractivity contribution in [1.82, 2.24) is 34.1 Å². The molecule has 0 aliphatic carbocycles. The molecule has 0 aliphatic heterocycles. The lowest BCUT2D eigenvalue weighted by Crippen LogP contribution is -2.07. The molecule has 0 spiro atoms. The maximum atomic E-state index is 7.03. The fourth-order valence-electron chi connectivity index (χ4n) is 9.35. The number of fused-ring (bicyclic) bond motifs is 8. The van der Waals surface area contributed by atoms with Gasteiger partial charge in [-0.2, -0.15) is 9.97 Å². The summed E-state index contributed by atoms with van der Waals surface area (Å²) in [4.78, 5) is 25.0. The Morgan fingerprint density at radius 3 is 1.48 bits per heavy atom. The molecule has 0 saturated heterocycles. The molecule has 0 fully saturated rings. The van der Waals surface area contributed by atoms with E-state index in [1.54, 1.807) is 12.4 Å². The van der Waals surface area contributed by atoms with Crippen molar-refractivity contribution in [3.63, 3.8) is 0 Å². The number of rotatable bonds is 7. The molecule has 0 unspecified atom stereocenters. The van der Waals surface area contributed by atoms with Gasteiger partial charge in [-0.1, -0.05) is 146 Å². The molecular weight excluding hydrogens is 799 g/mol. The van der Waals surface area contributed by atoms with Gasteiger partial charge in [-0.05, 0) is 76.9 Å². The molecule has 65 heavy (non-hydrogen) atoms. The van der Waals surface area contributed by atoms with Crippen LogP contribution in [0.5, 0.6) is 0 Å². The molecule has 5 aromatic heterocycles. The molecule has 0 aliphatic rings. The van der Waals surface area contributed by atoms with E-state index in [-0.39, 0.29) is 0 Å². The smallest absolute Gasteiger partial charge is 0.238 e. The second kappa shape index (κ2) is 14.8. The Bertz CT molecular complexity index is 3820. The summed E-state index contributed by atoms with van der Waals surface area (Å²) in [5.74, 6) is 2.19. The van der Waals surface area contributed by atoms with E-state index >= 15 is 0 Å². The highest BCUT2D eigenvalue weighted by atomic mass is 16.3. The van der Waals surface area contributed by atoms with Gasteiger partial charge >= 0.3 is 0 Å². The van der Waals surface area contributed by atoms with Crippen LogP contribution >= 0.6 is 0 Å².